The SMILES string of the molecule is CS(=O)(=O)Nc1ccc(F)cc1C(=O)N1CCC2(CCNC2)CC1. The van der Waals surface area contributed by atoms with E-state index in [0.29, 0.717) is 13.1 Å². The molecule has 2 heterocycles. The molecule has 1 aromatic carbocycles. The Labute approximate surface area is 141 Å². The van der Waals surface area contributed by atoms with Gasteiger partial charge in [0, 0.05) is 19.6 Å². The van der Waals surface area contributed by atoms with Gasteiger partial charge >= 0.3 is 0 Å². The van der Waals surface area contributed by atoms with Crippen molar-refractivity contribution in [2.75, 3.05) is 37.2 Å². The second-order valence-corrected chi connectivity index (χ2v) is 8.53. The van der Waals surface area contributed by atoms with E-state index < -0.39 is 15.8 Å². The van der Waals surface area contributed by atoms with Crippen LogP contribution in [0, 0.1) is 11.2 Å². The number of carbonyl (C=O) groups is 1. The Kier molecular flexibility index (Phi) is 4.52. The van der Waals surface area contributed by atoms with Crippen LogP contribution in [0.1, 0.15) is 29.6 Å². The molecule has 2 aliphatic rings. The molecule has 8 heteroatoms. The predicted octanol–water partition coefficient (Wildman–Crippen LogP) is 1.41. The summed E-state index contributed by atoms with van der Waals surface area (Å²) in [6.07, 6.45) is 3.95. The molecule has 0 saturated carbocycles. The van der Waals surface area contributed by atoms with Crippen molar-refractivity contribution < 1.29 is 17.6 Å². The summed E-state index contributed by atoms with van der Waals surface area (Å²) in [5.41, 5.74) is 0.444. The van der Waals surface area contributed by atoms with E-state index in [-0.39, 0.29) is 22.6 Å². The van der Waals surface area contributed by atoms with Gasteiger partial charge < -0.3 is 10.2 Å². The van der Waals surface area contributed by atoms with Crippen LogP contribution in [0.3, 0.4) is 0 Å². The Bertz CT molecular complexity index is 735. The molecule has 0 aromatic heterocycles. The first kappa shape index (κ1) is 17.2. The molecule has 3 rings (SSSR count). The van der Waals surface area contributed by atoms with Crippen molar-refractivity contribution in [3.05, 3.63) is 29.6 Å². The highest BCUT2D eigenvalue weighted by Gasteiger charge is 2.38. The largest absolute Gasteiger partial charge is 0.339 e. The zero-order valence-corrected chi connectivity index (χ0v) is 14.5. The molecule has 0 unspecified atom stereocenters. The minimum atomic E-state index is -3.55. The summed E-state index contributed by atoms with van der Waals surface area (Å²) in [6.45, 7) is 3.21. The predicted molar refractivity (Wildman–Crippen MR) is 89.9 cm³/mol. The van der Waals surface area contributed by atoms with Gasteiger partial charge in [-0.15, -0.1) is 0 Å². The number of halogens is 1. The first-order valence-electron chi connectivity index (χ1n) is 8.05. The fourth-order valence-corrected chi connectivity index (χ4v) is 4.14. The van der Waals surface area contributed by atoms with Crippen LogP contribution in [0.25, 0.3) is 0 Å². The molecule has 0 aliphatic carbocycles. The molecule has 0 bridgehead atoms. The van der Waals surface area contributed by atoms with E-state index in [2.05, 4.69) is 10.0 Å². The maximum atomic E-state index is 13.6. The van der Waals surface area contributed by atoms with Crippen molar-refractivity contribution in [2.45, 2.75) is 19.3 Å². The Morgan fingerprint density at radius 2 is 2.00 bits per heavy atom. The molecular weight excluding hydrogens is 333 g/mol. The van der Waals surface area contributed by atoms with Crippen LogP contribution >= 0.6 is 0 Å². The molecule has 1 spiro atoms. The summed E-state index contributed by atoms with van der Waals surface area (Å²) in [5, 5.41) is 3.37. The Morgan fingerprint density at radius 3 is 2.58 bits per heavy atom. The van der Waals surface area contributed by atoms with Crippen molar-refractivity contribution in [1.82, 2.24) is 10.2 Å². The third kappa shape index (κ3) is 3.70. The molecule has 0 radical (unpaired) electrons. The minimum Gasteiger partial charge on any atom is -0.339 e. The summed E-state index contributed by atoms with van der Waals surface area (Å²) in [7, 11) is -3.55. The number of piperidine rings is 1. The number of sulfonamides is 1. The Morgan fingerprint density at radius 1 is 1.29 bits per heavy atom. The fraction of sp³-hybridized carbons (Fsp3) is 0.562. The molecule has 24 heavy (non-hydrogen) atoms. The van der Waals surface area contributed by atoms with Crippen LogP contribution in [0.4, 0.5) is 10.1 Å². The molecule has 6 nitrogen and oxygen atoms in total. The highest BCUT2D eigenvalue weighted by molar-refractivity contribution is 7.92. The lowest BCUT2D eigenvalue weighted by molar-refractivity contribution is 0.0608. The molecule has 2 saturated heterocycles. The van der Waals surface area contributed by atoms with Crippen molar-refractivity contribution in [3.63, 3.8) is 0 Å². The first-order chi connectivity index (χ1) is 11.3. The Hall–Kier alpha value is -1.67. The fourth-order valence-electron chi connectivity index (χ4n) is 3.56. The number of nitrogens with one attached hydrogen (secondary N) is 2. The minimum absolute atomic E-state index is 0.0564. The first-order valence-corrected chi connectivity index (χ1v) is 9.95. The maximum absolute atomic E-state index is 13.6. The number of anilines is 1. The highest BCUT2D eigenvalue weighted by atomic mass is 32.2. The maximum Gasteiger partial charge on any atom is 0.256 e. The lowest BCUT2D eigenvalue weighted by Crippen LogP contribution is -2.44. The number of hydrogen-bond donors (Lipinski definition) is 2. The number of hydrogen-bond acceptors (Lipinski definition) is 4. The molecule has 132 valence electrons. The van der Waals surface area contributed by atoms with Crippen molar-refractivity contribution >= 4 is 21.6 Å². The molecule has 0 atom stereocenters. The normalized spacial score (nSPS) is 20.3. The van der Waals surface area contributed by atoms with Gasteiger partial charge in [0.15, 0.2) is 0 Å². The van der Waals surface area contributed by atoms with Crippen LogP contribution in [-0.2, 0) is 10.0 Å². The van der Waals surface area contributed by atoms with Crippen molar-refractivity contribution in [3.8, 4) is 0 Å². The number of likely N-dealkylation sites (tertiary alicyclic amines) is 1. The van der Waals surface area contributed by atoms with Gasteiger partial charge in [-0.1, -0.05) is 0 Å². The monoisotopic (exact) mass is 355 g/mol. The molecule has 1 aromatic rings. The average molecular weight is 355 g/mol. The van der Waals surface area contributed by atoms with Gasteiger partial charge in [-0.25, -0.2) is 12.8 Å². The van der Waals surface area contributed by atoms with Gasteiger partial charge in [-0.3, -0.25) is 9.52 Å². The number of rotatable bonds is 3. The van der Waals surface area contributed by atoms with Gasteiger partial charge in [-0.05, 0) is 49.4 Å². The quantitative estimate of drug-likeness (QED) is 0.859. The topological polar surface area (TPSA) is 78.5 Å². The second-order valence-electron chi connectivity index (χ2n) is 6.78. The van der Waals surface area contributed by atoms with Gasteiger partial charge in [0.25, 0.3) is 5.91 Å². The summed E-state index contributed by atoms with van der Waals surface area (Å²) in [4.78, 5) is 14.5. The summed E-state index contributed by atoms with van der Waals surface area (Å²) in [5.74, 6) is -0.896. The van der Waals surface area contributed by atoms with Crippen LogP contribution in [-0.4, -0.2) is 51.7 Å². The molecule has 1 amide bonds. The summed E-state index contributed by atoms with van der Waals surface area (Å²) in [6, 6.07) is 3.52. The van der Waals surface area contributed by atoms with E-state index >= 15 is 0 Å². The van der Waals surface area contributed by atoms with E-state index in [9.17, 15) is 17.6 Å². The average Bonchev–Trinajstić information content (AvgIpc) is 2.96. The lowest BCUT2D eigenvalue weighted by atomic mass is 9.78. The van der Waals surface area contributed by atoms with Gasteiger partial charge in [-0.2, -0.15) is 0 Å². The van der Waals surface area contributed by atoms with Crippen LogP contribution in [0.15, 0.2) is 18.2 Å². The van der Waals surface area contributed by atoms with E-state index in [1.54, 1.807) is 4.90 Å². The summed E-state index contributed by atoms with van der Waals surface area (Å²) < 4.78 is 38.8. The summed E-state index contributed by atoms with van der Waals surface area (Å²) >= 11 is 0. The number of carbonyl (C=O) groups excluding carboxylic acids is 1. The van der Waals surface area contributed by atoms with Gasteiger partial charge in [0.05, 0.1) is 17.5 Å². The highest BCUT2D eigenvalue weighted by Crippen LogP contribution is 2.37. The lowest BCUT2D eigenvalue weighted by Gasteiger charge is -2.39. The van der Waals surface area contributed by atoms with E-state index in [1.165, 1.54) is 6.07 Å². The van der Waals surface area contributed by atoms with Gasteiger partial charge in [0.1, 0.15) is 5.82 Å². The third-order valence-corrected chi connectivity index (χ3v) is 5.54. The number of amides is 1. The van der Waals surface area contributed by atoms with E-state index in [1.807, 2.05) is 0 Å². The van der Waals surface area contributed by atoms with Gasteiger partial charge in [0.2, 0.25) is 10.0 Å². The second kappa shape index (κ2) is 6.33. The molecular formula is C16H22FN3O3S. The zero-order valence-electron chi connectivity index (χ0n) is 13.6. The number of benzene rings is 1. The molecule has 2 fully saturated rings. The standard InChI is InChI=1S/C16H22FN3O3S/c1-24(22,23)19-14-3-2-12(17)10-13(14)15(21)20-8-5-16(6-9-20)4-7-18-11-16/h2-3,10,18-19H,4-9,11H2,1H3. The zero-order chi connectivity index (χ0) is 17.4. The molecule has 2 aliphatic heterocycles. The van der Waals surface area contributed by atoms with Crippen LogP contribution < -0.4 is 10.0 Å². The number of nitrogens with zero attached hydrogens (tertiary/aromatic N) is 1. The van der Waals surface area contributed by atoms with Crippen LogP contribution in [0.5, 0.6) is 0 Å². The van der Waals surface area contributed by atoms with E-state index in [4.69, 9.17) is 0 Å². The Balaban J connectivity index is 1.78. The van der Waals surface area contributed by atoms with Crippen molar-refractivity contribution in [2.24, 2.45) is 5.41 Å². The van der Waals surface area contributed by atoms with E-state index in [0.717, 1.165) is 50.7 Å². The van der Waals surface area contributed by atoms with Crippen LogP contribution in [0.2, 0.25) is 0 Å². The smallest absolute Gasteiger partial charge is 0.256 e. The molecule has 2 N–H and O–H groups in total. The third-order valence-electron chi connectivity index (χ3n) is 4.95. The van der Waals surface area contributed by atoms with Crippen molar-refractivity contribution in [1.29, 1.82) is 0 Å².